The van der Waals surface area contributed by atoms with Crippen molar-refractivity contribution in [3.05, 3.63) is 83.4 Å². The molecule has 1 aliphatic heterocycles. The van der Waals surface area contributed by atoms with Gasteiger partial charge in [-0.2, -0.15) is 13.2 Å². The first-order valence-corrected chi connectivity index (χ1v) is 14.7. The Morgan fingerprint density at radius 3 is 2.44 bits per heavy atom. The summed E-state index contributed by atoms with van der Waals surface area (Å²) in [5.41, 5.74) is -2.05. The minimum Gasteiger partial charge on any atom is -0.494 e. The maximum absolute atomic E-state index is 14.9. The minimum atomic E-state index is -5.41. The molecule has 11 nitrogen and oxygen atoms in total. The lowest BCUT2D eigenvalue weighted by molar-refractivity contribution is -0.265. The molecule has 0 unspecified atom stereocenters. The fraction of sp³-hybridized carbons (Fsp3) is 0.303. The van der Waals surface area contributed by atoms with Gasteiger partial charge >= 0.3 is 6.18 Å². The topological polar surface area (TPSA) is 166 Å². The number of rotatable bonds is 9. The number of aromatic nitrogens is 2. The predicted molar refractivity (Wildman–Crippen MR) is 162 cm³/mol. The number of methoxy groups -OCH3 is 1. The summed E-state index contributed by atoms with van der Waals surface area (Å²) >= 11 is 0. The Bertz CT molecular complexity index is 1970. The quantitative estimate of drug-likeness (QED) is 0.197. The van der Waals surface area contributed by atoms with E-state index in [1.165, 1.54) is 44.5 Å². The molecule has 3 heterocycles. The van der Waals surface area contributed by atoms with Crippen LogP contribution < -0.4 is 25.8 Å². The Kier molecular flexibility index (Phi) is 7.77. The molecule has 0 bridgehead atoms. The summed E-state index contributed by atoms with van der Waals surface area (Å²) < 4.78 is 69.7. The Morgan fingerprint density at radius 1 is 1.10 bits per heavy atom. The van der Waals surface area contributed by atoms with Crippen LogP contribution >= 0.6 is 0 Å². The van der Waals surface area contributed by atoms with E-state index in [9.17, 15) is 37.1 Å². The maximum atomic E-state index is 14.9. The van der Waals surface area contributed by atoms with E-state index in [2.05, 4.69) is 20.6 Å². The second kappa shape index (κ2) is 11.4. The number of primary amides is 1. The van der Waals surface area contributed by atoms with Gasteiger partial charge in [-0.05, 0) is 68.3 Å². The molecule has 15 heteroatoms. The third-order valence-electron chi connectivity index (χ3n) is 8.82. The third kappa shape index (κ3) is 5.43. The fourth-order valence-electron chi connectivity index (χ4n) is 5.59. The highest BCUT2D eigenvalue weighted by Gasteiger charge is 2.59. The number of nitrogens with two attached hydrogens (primary N) is 1. The minimum absolute atomic E-state index is 0.0631. The number of halogens is 4. The molecule has 2 aromatic carbocycles. The van der Waals surface area contributed by atoms with E-state index < -0.39 is 58.5 Å². The third-order valence-corrected chi connectivity index (χ3v) is 8.82. The van der Waals surface area contributed by atoms with Gasteiger partial charge in [-0.3, -0.25) is 19.4 Å². The summed E-state index contributed by atoms with van der Waals surface area (Å²) in [5, 5.41) is 16.7. The average molecular weight is 668 g/mol. The van der Waals surface area contributed by atoms with Crippen molar-refractivity contribution in [2.45, 2.75) is 42.5 Å². The van der Waals surface area contributed by atoms with E-state index in [0.717, 1.165) is 18.2 Å². The molecule has 48 heavy (non-hydrogen) atoms. The van der Waals surface area contributed by atoms with E-state index in [-0.39, 0.29) is 53.3 Å². The number of carbonyl (C=O) groups is 3. The van der Waals surface area contributed by atoms with Crippen molar-refractivity contribution >= 4 is 28.6 Å². The standard InChI is InChI=1S/C33H29F4N5O6/c1-30(29(45)42-31(9-10-31)28(38)44)16-48-26-21(30)14-23(41-25(26)17-5-7-20(34)8-6-17)32(46,33(35,36)37)15-40-27(43)19-12-18-4-3-11-39-24(18)22(13-19)47-2/h3-8,11-14,46H,9-10,15-16H2,1-2H3,(H2,38,44)(H,40,43)(H,42,45)/t30-,32-/m0/s1. The van der Waals surface area contributed by atoms with Crippen LogP contribution in [0.25, 0.3) is 22.2 Å². The van der Waals surface area contributed by atoms with Crippen LogP contribution in [0.15, 0.2) is 60.8 Å². The summed E-state index contributed by atoms with van der Waals surface area (Å²) in [6.45, 7) is -0.339. The molecule has 2 aliphatic rings. The molecule has 1 aliphatic carbocycles. The monoisotopic (exact) mass is 667 g/mol. The van der Waals surface area contributed by atoms with E-state index in [1.807, 2.05) is 0 Å². The van der Waals surface area contributed by atoms with E-state index in [4.69, 9.17) is 15.2 Å². The molecule has 6 rings (SSSR count). The number of hydrogen-bond acceptors (Lipinski definition) is 8. The summed E-state index contributed by atoms with van der Waals surface area (Å²) in [6.07, 6.45) is -3.32. The van der Waals surface area contributed by atoms with Crippen LogP contribution in [0.2, 0.25) is 0 Å². The van der Waals surface area contributed by atoms with Gasteiger partial charge in [0.15, 0.2) is 0 Å². The van der Waals surface area contributed by atoms with E-state index >= 15 is 0 Å². The second-order valence-electron chi connectivity index (χ2n) is 12.1. The Morgan fingerprint density at radius 2 is 1.81 bits per heavy atom. The number of amides is 3. The van der Waals surface area contributed by atoms with Crippen molar-refractivity contribution in [1.82, 2.24) is 20.6 Å². The van der Waals surface area contributed by atoms with Gasteiger partial charge in [0, 0.05) is 28.3 Å². The van der Waals surface area contributed by atoms with E-state index in [1.54, 1.807) is 12.1 Å². The predicted octanol–water partition coefficient (Wildman–Crippen LogP) is 3.41. The number of hydrogen-bond donors (Lipinski definition) is 4. The lowest BCUT2D eigenvalue weighted by Gasteiger charge is -2.32. The first-order chi connectivity index (χ1) is 22.6. The van der Waals surface area contributed by atoms with Crippen molar-refractivity contribution in [3.8, 4) is 22.8 Å². The zero-order valence-electron chi connectivity index (χ0n) is 25.6. The highest BCUT2D eigenvalue weighted by molar-refractivity contribution is 6.00. The number of aliphatic hydroxyl groups is 1. The van der Waals surface area contributed by atoms with Crippen molar-refractivity contribution in [3.63, 3.8) is 0 Å². The van der Waals surface area contributed by atoms with Crippen LogP contribution in [0.3, 0.4) is 0 Å². The van der Waals surface area contributed by atoms with Gasteiger partial charge in [0.2, 0.25) is 17.4 Å². The van der Waals surface area contributed by atoms with Gasteiger partial charge in [0.05, 0.1) is 19.3 Å². The molecule has 0 saturated heterocycles. The van der Waals surface area contributed by atoms with Crippen molar-refractivity contribution in [2.24, 2.45) is 5.73 Å². The van der Waals surface area contributed by atoms with Gasteiger partial charge in [-0.25, -0.2) is 9.37 Å². The van der Waals surface area contributed by atoms with Gasteiger partial charge in [-0.15, -0.1) is 0 Å². The zero-order chi connectivity index (χ0) is 34.6. The summed E-state index contributed by atoms with van der Waals surface area (Å²) in [4.78, 5) is 47.2. The highest BCUT2D eigenvalue weighted by atomic mass is 19.4. The normalized spacial score (nSPS) is 19.1. The average Bonchev–Trinajstić information content (AvgIpc) is 3.77. The SMILES string of the molecule is COc1cc(C(=O)NC[C@](O)(c2cc3c(c(-c4ccc(F)cc4)n2)OC[C@]3(C)C(=O)NC2(C(N)=O)CC2)C(F)(F)F)cc2cccnc12. The largest absolute Gasteiger partial charge is 0.494 e. The number of ether oxygens (including phenoxy) is 2. The van der Waals surface area contributed by atoms with Crippen LogP contribution in [0.4, 0.5) is 17.6 Å². The molecular weight excluding hydrogens is 638 g/mol. The van der Waals surface area contributed by atoms with Crippen molar-refractivity contribution in [2.75, 3.05) is 20.3 Å². The summed E-state index contributed by atoms with van der Waals surface area (Å²) in [6, 6.07) is 11.5. The van der Waals surface area contributed by atoms with Crippen LogP contribution in [0.1, 0.15) is 41.4 Å². The molecule has 0 radical (unpaired) electrons. The molecule has 1 saturated carbocycles. The maximum Gasteiger partial charge on any atom is 0.424 e. The van der Waals surface area contributed by atoms with Crippen LogP contribution in [0, 0.1) is 5.82 Å². The Labute approximate surface area is 270 Å². The first kappa shape index (κ1) is 32.6. The highest BCUT2D eigenvalue weighted by Crippen LogP contribution is 2.48. The molecule has 4 aromatic rings. The molecule has 0 spiro atoms. The summed E-state index contributed by atoms with van der Waals surface area (Å²) in [5.74, 6) is -2.97. The number of alkyl halides is 3. The van der Waals surface area contributed by atoms with Crippen LogP contribution in [0.5, 0.6) is 11.5 Å². The molecule has 3 amide bonds. The van der Waals surface area contributed by atoms with Gasteiger partial charge in [0.25, 0.3) is 5.91 Å². The number of fused-ring (bicyclic) bond motifs is 2. The summed E-state index contributed by atoms with van der Waals surface area (Å²) in [7, 11) is 1.35. The van der Waals surface area contributed by atoms with Crippen LogP contribution in [-0.2, 0) is 20.6 Å². The molecule has 1 fully saturated rings. The molecule has 5 N–H and O–H groups in total. The van der Waals surface area contributed by atoms with Gasteiger partial charge < -0.3 is 30.9 Å². The Hall–Kier alpha value is -5.31. The molecule has 2 atom stereocenters. The fourth-order valence-corrected chi connectivity index (χ4v) is 5.59. The lowest BCUT2D eigenvalue weighted by Crippen LogP contribution is -2.54. The second-order valence-corrected chi connectivity index (χ2v) is 12.1. The Balaban J connectivity index is 1.42. The van der Waals surface area contributed by atoms with Crippen molar-refractivity contribution in [1.29, 1.82) is 0 Å². The van der Waals surface area contributed by atoms with Crippen LogP contribution in [-0.4, -0.2) is 64.8 Å². The van der Waals surface area contributed by atoms with Gasteiger partial charge in [0.1, 0.15) is 46.1 Å². The van der Waals surface area contributed by atoms with Gasteiger partial charge in [-0.1, -0.05) is 6.07 Å². The van der Waals surface area contributed by atoms with E-state index in [0.29, 0.717) is 10.9 Å². The smallest absolute Gasteiger partial charge is 0.424 e. The zero-order valence-corrected chi connectivity index (χ0v) is 25.6. The molecular formula is C33H29F4N5O6. The number of carbonyl (C=O) groups excluding carboxylic acids is 3. The first-order valence-electron chi connectivity index (χ1n) is 14.7. The number of nitrogens with one attached hydrogen (secondary N) is 2. The number of pyridine rings is 2. The lowest BCUT2D eigenvalue weighted by atomic mass is 9.81. The molecule has 250 valence electrons. The number of nitrogens with zero attached hydrogens (tertiary/aromatic N) is 2. The molecule has 2 aromatic heterocycles. The van der Waals surface area contributed by atoms with Crippen molar-refractivity contribution < 1.29 is 46.5 Å². The number of benzene rings is 2.